The SMILES string of the molecule is C=CCOc1ccccc1C(=O)N1CCC(CNC)C1. The van der Waals surface area contributed by atoms with Gasteiger partial charge in [0.15, 0.2) is 0 Å². The first kappa shape index (κ1) is 14.6. The number of likely N-dealkylation sites (tertiary alicyclic amines) is 1. The zero-order valence-electron chi connectivity index (χ0n) is 12.0. The van der Waals surface area contributed by atoms with Crippen molar-refractivity contribution in [1.82, 2.24) is 10.2 Å². The van der Waals surface area contributed by atoms with Crippen LogP contribution in [0.2, 0.25) is 0 Å². The molecule has 4 nitrogen and oxygen atoms in total. The summed E-state index contributed by atoms with van der Waals surface area (Å²) in [4.78, 5) is 14.5. The van der Waals surface area contributed by atoms with Crippen LogP contribution in [-0.4, -0.2) is 44.1 Å². The third-order valence-electron chi connectivity index (χ3n) is 3.54. The molecule has 20 heavy (non-hydrogen) atoms. The first-order chi connectivity index (χ1) is 9.76. The molecule has 0 aromatic heterocycles. The van der Waals surface area contributed by atoms with E-state index in [0.717, 1.165) is 26.1 Å². The standard InChI is InChI=1S/C16H22N2O2/c1-3-10-20-15-7-5-4-6-14(15)16(19)18-9-8-13(12-18)11-17-2/h3-7,13,17H,1,8-12H2,2H3. The molecule has 108 valence electrons. The van der Waals surface area contributed by atoms with Crippen LogP contribution in [0.5, 0.6) is 5.75 Å². The molecule has 1 aliphatic heterocycles. The monoisotopic (exact) mass is 274 g/mol. The normalized spacial score (nSPS) is 18.1. The maximum atomic E-state index is 12.6. The molecule has 1 unspecified atom stereocenters. The van der Waals surface area contributed by atoms with Gasteiger partial charge in [0, 0.05) is 13.1 Å². The minimum atomic E-state index is 0.0586. The fraction of sp³-hybridized carbons (Fsp3) is 0.438. The number of benzene rings is 1. The Morgan fingerprint density at radius 3 is 3.10 bits per heavy atom. The molecule has 1 fully saturated rings. The van der Waals surface area contributed by atoms with Gasteiger partial charge in [-0.2, -0.15) is 0 Å². The summed E-state index contributed by atoms with van der Waals surface area (Å²) in [5, 5.41) is 3.17. The van der Waals surface area contributed by atoms with Crippen molar-refractivity contribution in [2.45, 2.75) is 6.42 Å². The van der Waals surface area contributed by atoms with Gasteiger partial charge >= 0.3 is 0 Å². The second-order valence-corrected chi connectivity index (χ2v) is 5.06. The maximum Gasteiger partial charge on any atom is 0.257 e. The molecule has 2 rings (SSSR count). The predicted octanol–water partition coefficient (Wildman–Crippen LogP) is 1.93. The third-order valence-corrected chi connectivity index (χ3v) is 3.54. The van der Waals surface area contributed by atoms with E-state index in [1.807, 2.05) is 36.2 Å². The number of carbonyl (C=O) groups excluding carboxylic acids is 1. The smallest absolute Gasteiger partial charge is 0.257 e. The van der Waals surface area contributed by atoms with E-state index < -0.39 is 0 Å². The highest BCUT2D eigenvalue weighted by Crippen LogP contribution is 2.23. The first-order valence-electron chi connectivity index (χ1n) is 7.03. The Kier molecular flexibility index (Phi) is 5.18. The zero-order valence-corrected chi connectivity index (χ0v) is 12.0. The van der Waals surface area contributed by atoms with Gasteiger partial charge in [-0.1, -0.05) is 24.8 Å². The van der Waals surface area contributed by atoms with Gasteiger partial charge in [-0.25, -0.2) is 0 Å². The molecular weight excluding hydrogens is 252 g/mol. The second kappa shape index (κ2) is 7.10. The van der Waals surface area contributed by atoms with Crippen molar-refractivity contribution in [1.29, 1.82) is 0 Å². The lowest BCUT2D eigenvalue weighted by Crippen LogP contribution is -2.30. The Bertz CT molecular complexity index is 473. The van der Waals surface area contributed by atoms with Crippen molar-refractivity contribution in [3.8, 4) is 5.75 Å². The minimum absolute atomic E-state index is 0.0586. The zero-order chi connectivity index (χ0) is 14.4. The molecule has 1 aliphatic rings. The van der Waals surface area contributed by atoms with Crippen molar-refractivity contribution in [3.63, 3.8) is 0 Å². The quantitative estimate of drug-likeness (QED) is 0.806. The maximum absolute atomic E-state index is 12.6. The molecule has 1 aromatic carbocycles. The fourth-order valence-electron chi connectivity index (χ4n) is 2.56. The molecule has 4 heteroatoms. The van der Waals surface area contributed by atoms with Crippen LogP contribution in [-0.2, 0) is 0 Å². The average molecular weight is 274 g/mol. The summed E-state index contributed by atoms with van der Waals surface area (Å²) in [6.07, 6.45) is 2.74. The number of ether oxygens (including phenoxy) is 1. The number of nitrogens with zero attached hydrogens (tertiary/aromatic N) is 1. The van der Waals surface area contributed by atoms with Crippen molar-refractivity contribution in [3.05, 3.63) is 42.5 Å². The molecule has 0 aliphatic carbocycles. The van der Waals surface area contributed by atoms with E-state index in [1.54, 1.807) is 6.08 Å². The van der Waals surface area contributed by atoms with Gasteiger partial charge in [0.05, 0.1) is 5.56 Å². The highest BCUT2D eigenvalue weighted by Gasteiger charge is 2.27. The molecular formula is C16H22N2O2. The Balaban J connectivity index is 2.07. The number of hydrogen-bond acceptors (Lipinski definition) is 3. The molecule has 0 spiro atoms. The Labute approximate surface area is 120 Å². The summed E-state index contributed by atoms with van der Waals surface area (Å²) >= 11 is 0. The van der Waals surface area contributed by atoms with Crippen LogP contribution in [0.4, 0.5) is 0 Å². The van der Waals surface area contributed by atoms with Crippen LogP contribution in [0.15, 0.2) is 36.9 Å². The molecule has 1 N–H and O–H groups in total. The Hall–Kier alpha value is -1.81. The number of hydrogen-bond donors (Lipinski definition) is 1. The van der Waals surface area contributed by atoms with Gasteiger partial charge in [-0.3, -0.25) is 4.79 Å². The van der Waals surface area contributed by atoms with Gasteiger partial charge in [0.25, 0.3) is 5.91 Å². The van der Waals surface area contributed by atoms with Gasteiger partial charge < -0.3 is 15.0 Å². The summed E-state index contributed by atoms with van der Waals surface area (Å²) in [5.74, 6) is 1.24. The molecule has 1 atom stereocenters. The van der Waals surface area contributed by atoms with Crippen LogP contribution in [0.1, 0.15) is 16.8 Å². The van der Waals surface area contributed by atoms with Gasteiger partial charge in [0.1, 0.15) is 12.4 Å². The molecule has 0 bridgehead atoms. The van der Waals surface area contributed by atoms with Gasteiger partial charge in [-0.05, 0) is 38.1 Å². The summed E-state index contributed by atoms with van der Waals surface area (Å²) < 4.78 is 5.56. The molecule has 1 heterocycles. The summed E-state index contributed by atoms with van der Waals surface area (Å²) in [6.45, 7) is 6.63. The Morgan fingerprint density at radius 1 is 1.55 bits per heavy atom. The molecule has 1 amide bonds. The highest BCUT2D eigenvalue weighted by atomic mass is 16.5. The van der Waals surface area contributed by atoms with Gasteiger partial charge in [-0.15, -0.1) is 0 Å². The lowest BCUT2D eigenvalue weighted by Gasteiger charge is -2.18. The lowest BCUT2D eigenvalue weighted by atomic mass is 10.1. The summed E-state index contributed by atoms with van der Waals surface area (Å²) in [5.41, 5.74) is 0.638. The second-order valence-electron chi connectivity index (χ2n) is 5.06. The van der Waals surface area contributed by atoms with Crippen LogP contribution in [0.25, 0.3) is 0 Å². The minimum Gasteiger partial charge on any atom is -0.489 e. The van der Waals surface area contributed by atoms with Crippen LogP contribution in [0, 0.1) is 5.92 Å². The van der Waals surface area contributed by atoms with Gasteiger partial charge in [0.2, 0.25) is 0 Å². The average Bonchev–Trinajstić information content (AvgIpc) is 2.94. The predicted molar refractivity (Wildman–Crippen MR) is 80.1 cm³/mol. The summed E-state index contributed by atoms with van der Waals surface area (Å²) in [6, 6.07) is 7.40. The number of nitrogens with one attached hydrogen (secondary N) is 1. The van der Waals surface area contributed by atoms with E-state index in [9.17, 15) is 4.79 Å². The van der Waals surface area contributed by atoms with E-state index in [-0.39, 0.29) is 5.91 Å². The number of amides is 1. The van der Waals surface area contributed by atoms with E-state index in [1.165, 1.54) is 0 Å². The van der Waals surface area contributed by atoms with Crippen LogP contribution >= 0.6 is 0 Å². The summed E-state index contributed by atoms with van der Waals surface area (Å²) in [7, 11) is 1.95. The van der Waals surface area contributed by atoms with E-state index in [4.69, 9.17) is 4.74 Å². The Morgan fingerprint density at radius 2 is 2.35 bits per heavy atom. The van der Waals surface area contributed by atoms with Crippen molar-refractivity contribution in [2.75, 3.05) is 33.3 Å². The van der Waals surface area contributed by atoms with Crippen LogP contribution < -0.4 is 10.1 Å². The third kappa shape index (κ3) is 3.39. The molecule has 0 radical (unpaired) electrons. The number of rotatable bonds is 6. The molecule has 1 saturated heterocycles. The van der Waals surface area contributed by atoms with Crippen molar-refractivity contribution >= 4 is 5.91 Å². The van der Waals surface area contributed by atoms with E-state index >= 15 is 0 Å². The van der Waals surface area contributed by atoms with Crippen molar-refractivity contribution in [2.24, 2.45) is 5.92 Å². The number of para-hydroxylation sites is 1. The largest absolute Gasteiger partial charge is 0.489 e. The first-order valence-corrected chi connectivity index (χ1v) is 7.03. The van der Waals surface area contributed by atoms with Crippen LogP contribution in [0.3, 0.4) is 0 Å². The molecule has 1 aromatic rings. The fourth-order valence-corrected chi connectivity index (χ4v) is 2.56. The topological polar surface area (TPSA) is 41.6 Å². The number of carbonyl (C=O) groups is 1. The van der Waals surface area contributed by atoms with Crippen molar-refractivity contribution < 1.29 is 9.53 Å². The highest BCUT2D eigenvalue weighted by molar-refractivity contribution is 5.97. The van der Waals surface area contributed by atoms with E-state index in [2.05, 4.69) is 11.9 Å². The van der Waals surface area contributed by atoms with E-state index in [0.29, 0.717) is 23.8 Å². The molecule has 0 saturated carbocycles. The lowest BCUT2D eigenvalue weighted by molar-refractivity contribution is 0.0783.